The fourth-order valence-electron chi connectivity index (χ4n) is 3.47. The van der Waals surface area contributed by atoms with Gasteiger partial charge in [-0.2, -0.15) is 0 Å². The standard InChI is InChI=1S/C20H29N3O4/c1-4-22(5-2)18(24)12-15-6-8-16(9-7-15)21-20(27)23-11-10-17(19(25)26)14(3)13-23/h6-9,14,17H,4-5,10-13H2,1-3H3,(H,21,27)(H,25,26). The number of anilines is 1. The quantitative estimate of drug-likeness (QED) is 0.800. The number of amides is 3. The van der Waals surface area contributed by atoms with Crippen molar-refractivity contribution in [1.29, 1.82) is 0 Å². The van der Waals surface area contributed by atoms with E-state index in [1.165, 1.54) is 0 Å². The summed E-state index contributed by atoms with van der Waals surface area (Å²) in [6.45, 7) is 8.03. The van der Waals surface area contributed by atoms with Crippen LogP contribution >= 0.6 is 0 Å². The topological polar surface area (TPSA) is 90.0 Å². The molecule has 0 radical (unpaired) electrons. The van der Waals surface area contributed by atoms with Crippen molar-refractivity contribution in [2.45, 2.75) is 33.6 Å². The molecule has 1 heterocycles. The van der Waals surface area contributed by atoms with E-state index >= 15 is 0 Å². The fraction of sp³-hybridized carbons (Fsp3) is 0.550. The van der Waals surface area contributed by atoms with E-state index in [1.807, 2.05) is 32.9 Å². The summed E-state index contributed by atoms with van der Waals surface area (Å²) in [7, 11) is 0. The lowest BCUT2D eigenvalue weighted by Crippen LogP contribution is -2.46. The van der Waals surface area contributed by atoms with Crippen molar-refractivity contribution in [2.24, 2.45) is 11.8 Å². The SMILES string of the molecule is CCN(CC)C(=O)Cc1ccc(NC(=O)N2CCC(C(=O)O)C(C)C2)cc1. The number of likely N-dealkylation sites (tertiary alicyclic amines) is 1. The van der Waals surface area contributed by atoms with Crippen LogP contribution in [0.4, 0.5) is 10.5 Å². The summed E-state index contributed by atoms with van der Waals surface area (Å²) in [6.07, 6.45) is 0.812. The third kappa shape index (κ3) is 5.45. The molecule has 148 valence electrons. The molecule has 2 atom stereocenters. The van der Waals surface area contributed by atoms with Crippen LogP contribution in [0.5, 0.6) is 0 Å². The first-order valence-electron chi connectivity index (χ1n) is 9.51. The van der Waals surface area contributed by atoms with Crippen LogP contribution in [0.3, 0.4) is 0 Å². The molecule has 7 heteroatoms. The van der Waals surface area contributed by atoms with Gasteiger partial charge in [0.2, 0.25) is 5.91 Å². The average molecular weight is 375 g/mol. The second-order valence-electron chi connectivity index (χ2n) is 7.03. The van der Waals surface area contributed by atoms with E-state index in [-0.39, 0.29) is 17.9 Å². The molecule has 1 aromatic carbocycles. The van der Waals surface area contributed by atoms with E-state index in [1.54, 1.807) is 21.9 Å². The van der Waals surface area contributed by atoms with Gasteiger partial charge in [0.1, 0.15) is 0 Å². The summed E-state index contributed by atoms with van der Waals surface area (Å²) in [5.74, 6) is -1.17. The van der Waals surface area contributed by atoms with Crippen molar-refractivity contribution in [3.05, 3.63) is 29.8 Å². The zero-order valence-corrected chi connectivity index (χ0v) is 16.3. The van der Waals surface area contributed by atoms with E-state index in [9.17, 15) is 19.5 Å². The highest BCUT2D eigenvalue weighted by Gasteiger charge is 2.32. The monoisotopic (exact) mass is 375 g/mol. The number of carboxylic acid groups (broad SMARTS) is 1. The smallest absolute Gasteiger partial charge is 0.321 e. The minimum atomic E-state index is -0.794. The molecule has 1 saturated heterocycles. The predicted octanol–water partition coefficient (Wildman–Crippen LogP) is 2.67. The normalized spacial score (nSPS) is 19.4. The molecule has 2 rings (SSSR count). The molecule has 1 fully saturated rings. The van der Waals surface area contributed by atoms with Crippen molar-refractivity contribution >= 4 is 23.6 Å². The minimum absolute atomic E-state index is 0.0736. The van der Waals surface area contributed by atoms with Gasteiger partial charge in [-0.1, -0.05) is 19.1 Å². The van der Waals surface area contributed by atoms with Gasteiger partial charge in [-0.25, -0.2) is 4.79 Å². The molecule has 7 nitrogen and oxygen atoms in total. The number of carbonyl (C=O) groups excluding carboxylic acids is 2. The molecule has 0 bridgehead atoms. The van der Waals surface area contributed by atoms with E-state index < -0.39 is 11.9 Å². The maximum Gasteiger partial charge on any atom is 0.321 e. The van der Waals surface area contributed by atoms with E-state index in [4.69, 9.17) is 0 Å². The van der Waals surface area contributed by atoms with Crippen molar-refractivity contribution in [1.82, 2.24) is 9.80 Å². The number of carbonyl (C=O) groups is 3. The van der Waals surface area contributed by atoms with Crippen molar-refractivity contribution < 1.29 is 19.5 Å². The lowest BCUT2D eigenvalue weighted by Gasteiger charge is -2.34. The number of carboxylic acids is 1. The Morgan fingerprint density at radius 3 is 2.33 bits per heavy atom. The number of hydrogen-bond acceptors (Lipinski definition) is 3. The largest absolute Gasteiger partial charge is 0.481 e. The second-order valence-corrected chi connectivity index (χ2v) is 7.03. The molecular weight excluding hydrogens is 346 g/mol. The molecule has 0 aliphatic carbocycles. The van der Waals surface area contributed by atoms with Crippen LogP contribution in [0.25, 0.3) is 0 Å². The lowest BCUT2D eigenvalue weighted by molar-refractivity contribution is -0.145. The van der Waals surface area contributed by atoms with Crippen molar-refractivity contribution in [3.63, 3.8) is 0 Å². The number of urea groups is 1. The Labute approximate surface area is 160 Å². The Morgan fingerprint density at radius 1 is 1.19 bits per heavy atom. The van der Waals surface area contributed by atoms with E-state index in [2.05, 4.69) is 5.32 Å². The number of nitrogens with one attached hydrogen (secondary N) is 1. The summed E-state index contributed by atoms with van der Waals surface area (Å²) >= 11 is 0. The number of piperidine rings is 1. The maximum atomic E-state index is 12.4. The van der Waals surface area contributed by atoms with E-state index in [0.717, 1.165) is 5.56 Å². The fourth-order valence-corrected chi connectivity index (χ4v) is 3.47. The summed E-state index contributed by atoms with van der Waals surface area (Å²) < 4.78 is 0. The summed E-state index contributed by atoms with van der Waals surface area (Å²) in [5.41, 5.74) is 1.56. The summed E-state index contributed by atoms with van der Waals surface area (Å²) in [6, 6.07) is 7.04. The number of hydrogen-bond donors (Lipinski definition) is 2. The zero-order valence-electron chi connectivity index (χ0n) is 16.3. The van der Waals surface area contributed by atoms with Gasteiger partial charge in [-0.3, -0.25) is 9.59 Å². The van der Waals surface area contributed by atoms with Crippen LogP contribution in [0.2, 0.25) is 0 Å². The van der Waals surface area contributed by atoms with Crippen LogP contribution in [-0.4, -0.2) is 59.0 Å². The molecule has 2 N–H and O–H groups in total. The Kier molecular flexibility index (Phi) is 7.21. The van der Waals surface area contributed by atoms with Gasteiger partial charge in [0.15, 0.2) is 0 Å². The van der Waals surface area contributed by atoms with Crippen molar-refractivity contribution in [3.8, 4) is 0 Å². The number of benzene rings is 1. The van der Waals surface area contributed by atoms with Gasteiger partial charge in [0.25, 0.3) is 0 Å². The van der Waals surface area contributed by atoms with Gasteiger partial charge >= 0.3 is 12.0 Å². The predicted molar refractivity (Wildman–Crippen MR) is 104 cm³/mol. The molecule has 1 aromatic rings. The van der Waals surface area contributed by atoms with Gasteiger partial charge < -0.3 is 20.2 Å². The lowest BCUT2D eigenvalue weighted by atomic mass is 9.87. The van der Waals surface area contributed by atoms with Crippen molar-refractivity contribution in [2.75, 3.05) is 31.5 Å². The number of aliphatic carboxylic acids is 1. The number of rotatable bonds is 6. The molecule has 1 aliphatic heterocycles. The molecule has 0 aromatic heterocycles. The highest BCUT2D eigenvalue weighted by molar-refractivity contribution is 5.89. The highest BCUT2D eigenvalue weighted by atomic mass is 16.4. The van der Waals surface area contributed by atoms with Crippen LogP contribution in [-0.2, 0) is 16.0 Å². The third-order valence-electron chi connectivity index (χ3n) is 5.19. The Hall–Kier alpha value is -2.57. The van der Waals surface area contributed by atoms with Gasteiger partial charge in [0, 0.05) is 31.9 Å². The molecule has 2 unspecified atom stereocenters. The molecule has 0 spiro atoms. The molecule has 0 saturated carbocycles. The Balaban J connectivity index is 1.90. The van der Waals surface area contributed by atoms with E-state index in [0.29, 0.717) is 44.7 Å². The van der Waals surface area contributed by atoms with Crippen LogP contribution in [0.1, 0.15) is 32.8 Å². The first-order chi connectivity index (χ1) is 12.8. The maximum absolute atomic E-state index is 12.4. The number of nitrogens with zero attached hydrogens (tertiary/aromatic N) is 2. The van der Waals surface area contributed by atoms with Crippen LogP contribution in [0, 0.1) is 11.8 Å². The molecule has 1 aliphatic rings. The summed E-state index contributed by atoms with van der Waals surface area (Å²) in [5, 5.41) is 12.0. The summed E-state index contributed by atoms with van der Waals surface area (Å²) in [4.78, 5) is 39.2. The van der Waals surface area contributed by atoms with Crippen LogP contribution < -0.4 is 5.32 Å². The molecule has 27 heavy (non-hydrogen) atoms. The third-order valence-corrected chi connectivity index (χ3v) is 5.19. The molecular formula is C20H29N3O4. The van der Waals surface area contributed by atoms with Gasteiger partial charge in [-0.15, -0.1) is 0 Å². The Bertz CT molecular complexity index is 670. The minimum Gasteiger partial charge on any atom is -0.481 e. The molecule has 3 amide bonds. The average Bonchev–Trinajstić information content (AvgIpc) is 2.64. The first-order valence-corrected chi connectivity index (χ1v) is 9.51. The zero-order chi connectivity index (χ0) is 20.0. The van der Waals surface area contributed by atoms with Crippen LogP contribution in [0.15, 0.2) is 24.3 Å². The number of likely N-dealkylation sites (N-methyl/N-ethyl adjacent to an activating group) is 1. The second kappa shape index (κ2) is 9.39. The highest BCUT2D eigenvalue weighted by Crippen LogP contribution is 2.24. The first kappa shape index (κ1) is 20.7. The van der Waals surface area contributed by atoms with Gasteiger partial charge in [0.05, 0.1) is 12.3 Å². The Morgan fingerprint density at radius 2 is 1.81 bits per heavy atom. The van der Waals surface area contributed by atoms with Gasteiger partial charge in [-0.05, 0) is 43.9 Å².